The first-order valence-corrected chi connectivity index (χ1v) is 15.5. The molecule has 1 amide bonds. The summed E-state index contributed by atoms with van der Waals surface area (Å²) in [4.78, 5) is 49.2. The van der Waals surface area contributed by atoms with E-state index in [1.165, 1.54) is 5.01 Å². The summed E-state index contributed by atoms with van der Waals surface area (Å²) in [6.07, 6.45) is -1.89. The van der Waals surface area contributed by atoms with Crippen molar-refractivity contribution in [1.29, 1.82) is 0 Å². The molecule has 0 spiro atoms. The van der Waals surface area contributed by atoms with Gasteiger partial charge in [0.05, 0.1) is 0 Å². The summed E-state index contributed by atoms with van der Waals surface area (Å²) < 4.78 is 37.5. The Bertz CT molecular complexity index is 1450. The van der Waals surface area contributed by atoms with Gasteiger partial charge in [-0.05, 0) is 54.8 Å². The second-order valence-electron chi connectivity index (χ2n) is 11.5. The minimum atomic E-state index is -5.08. The number of carboxylic acids is 2. The molecule has 0 radical (unpaired) electrons. The van der Waals surface area contributed by atoms with Crippen LogP contribution in [0.2, 0.25) is 0 Å². The number of nitrogens with zero attached hydrogens (tertiary/aromatic N) is 1. The van der Waals surface area contributed by atoms with Crippen LogP contribution < -0.4 is 11.2 Å². The molecule has 0 bridgehead atoms. The first-order valence-electron chi connectivity index (χ1n) is 15.5. The fourth-order valence-electron chi connectivity index (χ4n) is 5.30. The van der Waals surface area contributed by atoms with E-state index in [2.05, 4.69) is 5.43 Å². The van der Waals surface area contributed by atoms with E-state index in [0.717, 1.165) is 29.5 Å². The molecule has 1 aliphatic rings. The number of rotatable bonds is 13. The van der Waals surface area contributed by atoms with Gasteiger partial charge in [0.15, 0.2) is 0 Å². The Labute approximate surface area is 276 Å². The minimum Gasteiger partial charge on any atom is -0.480 e. The number of benzene rings is 3. The van der Waals surface area contributed by atoms with Gasteiger partial charge >= 0.3 is 24.1 Å². The van der Waals surface area contributed by atoms with Gasteiger partial charge in [0.25, 0.3) is 0 Å². The molecule has 0 unspecified atom stereocenters. The predicted octanol–water partition coefficient (Wildman–Crippen LogP) is 4.77. The van der Waals surface area contributed by atoms with Gasteiger partial charge in [0.2, 0.25) is 5.91 Å². The average Bonchev–Trinajstić information content (AvgIpc) is 3.09. The van der Waals surface area contributed by atoms with Crippen molar-refractivity contribution in [3.05, 3.63) is 108 Å². The Morgan fingerprint density at radius 2 is 1.25 bits per heavy atom. The first kappa shape index (κ1) is 37.7. The van der Waals surface area contributed by atoms with Crippen molar-refractivity contribution in [2.75, 3.05) is 6.54 Å². The van der Waals surface area contributed by atoms with Crippen LogP contribution in [0.1, 0.15) is 42.4 Å². The summed E-state index contributed by atoms with van der Waals surface area (Å²) in [6, 6.07) is 25.7. The molecule has 0 aliphatic heterocycles. The number of carbonyl (C=O) groups excluding carboxylic acids is 2. The number of aliphatic carboxylic acids is 2. The number of esters is 1. The Morgan fingerprint density at radius 3 is 1.69 bits per heavy atom. The van der Waals surface area contributed by atoms with Crippen LogP contribution >= 0.6 is 0 Å². The molecule has 0 aromatic heterocycles. The van der Waals surface area contributed by atoms with E-state index in [1.807, 2.05) is 91.0 Å². The Balaban J connectivity index is 0.000000804. The maximum Gasteiger partial charge on any atom is 0.490 e. The summed E-state index contributed by atoms with van der Waals surface area (Å²) in [5, 5.41) is 18.6. The lowest BCUT2D eigenvalue weighted by Gasteiger charge is -2.37. The van der Waals surface area contributed by atoms with Gasteiger partial charge in [-0.2, -0.15) is 13.2 Å². The maximum absolute atomic E-state index is 14.1. The molecule has 0 saturated heterocycles. The van der Waals surface area contributed by atoms with E-state index < -0.39 is 36.2 Å². The zero-order valence-corrected chi connectivity index (χ0v) is 26.2. The number of halogens is 3. The fraction of sp³-hybridized carbons (Fsp3) is 0.371. The molecule has 1 fully saturated rings. The summed E-state index contributed by atoms with van der Waals surface area (Å²) >= 11 is 0. The number of nitrogens with two attached hydrogens (primary N) is 1. The van der Waals surface area contributed by atoms with Crippen LogP contribution in [0.25, 0.3) is 0 Å². The second-order valence-corrected chi connectivity index (χ2v) is 11.5. The van der Waals surface area contributed by atoms with Crippen molar-refractivity contribution < 1.29 is 47.3 Å². The van der Waals surface area contributed by atoms with E-state index >= 15 is 0 Å². The van der Waals surface area contributed by atoms with Crippen LogP contribution in [-0.4, -0.2) is 63.8 Å². The number of amides is 1. The van der Waals surface area contributed by atoms with Crippen molar-refractivity contribution in [2.45, 2.75) is 63.4 Å². The summed E-state index contributed by atoms with van der Waals surface area (Å²) in [5.41, 5.74) is 11.3. The number of carbonyl (C=O) groups is 4. The average molecular weight is 672 g/mol. The smallest absolute Gasteiger partial charge is 0.480 e. The van der Waals surface area contributed by atoms with Crippen LogP contribution in [0.4, 0.5) is 13.2 Å². The number of alkyl halides is 3. The third kappa shape index (κ3) is 12.1. The molecule has 10 nitrogen and oxygen atoms in total. The van der Waals surface area contributed by atoms with E-state index in [1.54, 1.807) is 0 Å². The molecule has 5 N–H and O–H groups in total. The van der Waals surface area contributed by atoms with Gasteiger partial charge in [0, 0.05) is 18.8 Å². The lowest BCUT2D eigenvalue weighted by molar-refractivity contribution is -0.192. The molecule has 3 aromatic rings. The Morgan fingerprint density at radius 1 is 0.792 bits per heavy atom. The van der Waals surface area contributed by atoms with Crippen molar-refractivity contribution in [2.24, 2.45) is 17.6 Å². The third-order valence-electron chi connectivity index (χ3n) is 7.96. The molecular formula is C35H40F3N3O7. The van der Waals surface area contributed by atoms with E-state index in [0.29, 0.717) is 25.3 Å². The zero-order valence-electron chi connectivity index (χ0n) is 26.2. The molecular weight excluding hydrogens is 631 g/mol. The summed E-state index contributed by atoms with van der Waals surface area (Å²) in [7, 11) is 0. The van der Waals surface area contributed by atoms with Crippen molar-refractivity contribution in [3.8, 4) is 0 Å². The molecule has 0 heterocycles. The molecule has 3 aromatic carbocycles. The maximum atomic E-state index is 14.1. The lowest BCUT2D eigenvalue weighted by Crippen LogP contribution is -2.60. The summed E-state index contributed by atoms with van der Waals surface area (Å²) in [6.45, 7) is 0.616. The Hall–Kier alpha value is -4.75. The highest BCUT2D eigenvalue weighted by Crippen LogP contribution is 2.30. The number of ether oxygens (including phenoxy) is 1. The highest BCUT2D eigenvalue weighted by atomic mass is 19.4. The van der Waals surface area contributed by atoms with Crippen LogP contribution in [0, 0.1) is 11.8 Å². The lowest BCUT2D eigenvalue weighted by atomic mass is 9.81. The number of hydrazine groups is 1. The van der Waals surface area contributed by atoms with Crippen LogP contribution in [0.5, 0.6) is 0 Å². The van der Waals surface area contributed by atoms with Crippen molar-refractivity contribution in [3.63, 3.8) is 0 Å². The number of carboxylic acid groups (broad SMARTS) is 2. The van der Waals surface area contributed by atoms with Gasteiger partial charge in [-0.1, -0.05) is 91.0 Å². The number of hydrogen-bond donors (Lipinski definition) is 4. The van der Waals surface area contributed by atoms with E-state index in [-0.39, 0.29) is 31.3 Å². The number of nitrogens with one attached hydrogen (secondary N) is 1. The van der Waals surface area contributed by atoms with Gasteiger partial charge in [-0.3, -0.25) is 14.6 Å². The van der Waals surface area contributed by atoms with Crippen molar-refractivity contribution >= 4 is 23.8 Å². The molecule has 258 valence electrons. The van der Waals surface area contributed by atoms with Crippen LogP contribution in [0.15, 0.2) is 91.0 Å². The molecule has 48 heavy (non-hydrogen) atoms. The molecule has 1 aliphatic carbocycles. The second kappa shape index (κ2) is 18.6. The summed E-state index contributed by atoms with van der Waals surface area (Å²) in [5.74, 6) is -4.75. The van der Waals surface area contributed by atoms with Gasteiger partial charge in [-0.15, -0.1) is 0 Å². The third-order valence-corrected chi connectivity index (χ3v) is 7.96. The zero-order chi connectivity index (χ0) is 35.1. The predicted molar refractivity (Wildman–Crippen MR) is 170 cm³/mol. The van der Waals surface area contributed by atoms with Gasteiger partial charge < -0.3 is 20.7 Å². The highest BCUT2D eigenvalue weighted by molar-refractivity contribution is 5.86. The van der Waals surface area contributed by atoms with E-state index in [4.69, 9.17) is 20.4 Å². The largest absolute Gasteiger partial charge is 0.490 e. The first-order chi connectivity index (χ1) is 22.9. The van der Waals surface area contributed by atoms with Crippen LogP contribution in [-0.2, 0) is 43.4 Å². The Kier molecular flexibility index (Phi) is 14.6. The number of hydrogen-bond acceptors (Lipinski definition) is 7. The normalized spacial score (nSPS) is 17.2. The van der Waals surface area contributed by atoms with Crippen LogP contribution in [0.3, 0.4) is 0 Å². The quantitative estimate of drug-likeness (QED) is 0.148. The molecule has 13 heteroatoms. The highest BCUT2D eigenvalue weighted by Gasteiger charge is 2.39. The van der Waals surface area contributed by atoms with Gasteiger partial charge in [-0.25, -0.2) is 15.0 Å². The molecule has 1 saturated carbocycles. The monoisotopic (exact) mass is 671 g/mol. The van der Waals surface area contributed by atoms with Gasteiger partial charge in [0.1, 0.15) is 18.7 Å². The fourth-order valence-corrected chi connectivity index (χ4v) is 5.30. The molecule has 4 rings (SSSR count). The van der Waals surface area contributed by atoms with Crippen molar-refractivity contribution in [1.82, 2.24) is 10.4 Å². The topological polar surface area (TPSA) is 159 Å². The SMILES string of the molecule is NCC1CCC(C(=O)N(N[C@@H](Cc2ccccc2)C(=O)O)[C@@H](Cc2ccccc2)C(=O)OCc2ccccc2)CC1.O=C(O)C(F)(F)F. The minimum absolute atomic E-state index is 0.0426. The standard InChI is InChI=1S/C33H39N3O5.C2HF3O2/c34-22-26-16-18-28(19-17-26)31(37)36(35-29(32(38)39)20-24-10-4-1-5-11-24)30(21-25-12-6-2-7-13-25)33(40)41-23-27-14-8-3-9-15-27;3-2(4,5)1(6)7/h1-15,26,28-30,35H,16-23,34H2,(H,38,39);(H,6,7)/t26?,28?,29-,30-;/m0./s1. The molecule has 2 atom stereocenters. The van der Waals surface area contributed by atoms with E-state index in [9.17, 15) is 32.7 Å².